The molecular weight excluding hydrogens is 623 g/mol. The predicted octanol–water partition coefficient (Wildman–Crippen LogP) is 10.7. The Morgan fingerprint density at radius 2 is 0.961 bits per heavy atom. The molecule has 0 atom stereocenters. The number of benzene rings is 8. The summed E-state index contributed by atoms with van der Waals surface area (Å²) in [6.45, 7) is 0.0656. The number of para-hydroxylation sites is 4. The summed E-state index contributed by atoms with van der Waals surface area (Å²) in [5, 5.41) is 6.87. The summed E-state index contributed by atoms with van der Waals surface area (Å²) >= 11 is 0. The molecule has 0 aliphatic carbocycles. The van der Waals surface area contributed by atoms with Gasteiger partial charge in [-0.05, 0) is 93.9 Å². The Balaban J connectivity index is 1.12. The lowest BCUT2D eigenvalue weighted by atomic mass is 9.33. The molecule has 4 heterocycles. The van der Waals surface area contributed by atoms with E-state index in [0.717, 1.165) is 60.9 Å². The van der Waals surface area contributed by atoms with E-state index in [-0.39, 0.29) is 6.71 Å². The molecule has 8 aromatic carbocycles. The lowest BCUT2D eigenvalue weighted by Crippen LogP contribution is -2.61. The Labute approximate surface area is 293 Å². The van der Waals surface area contributed by atoms with Gasteiger partial charge >= 0.3 is 0 Å². The number of hydrogen-bond acceptors (Lipinski definition) is 4. The van der Waals surface area contributed by atoms with Crippen LogP contribution in [0.4, 0.5) is 34.1 Å². The highest BCUT2D eigenvalue weighted by molar-refractivity contribution is 7.00. The van der Waals surface area contributed by atoms with Gasteiger partial charge in [-0.25, -0.2) is 0 Å². The van der Waals surface area contributed by atoms with E-state index in [4.69, 9.17) is 8.83 Å². The van der Waals surface area contributed by atoms with Gasteiger partial charge in [0.25, 0.3) is 6.71 Å². The fourth-order valence-corrected chi connectivity index (χ4v) is 8.87. The maximum absolute atomic E-state index is 6.65. The molecule has 0 unspecified atom stereocenters. The Bertz CT molecular complexity index is 3080. The Hall–Kier alpha value is -6.72. The summed E-state index contributed by atoms with van der Waals surface area (Å²) in [6, 6.07) is 58.9. The average molecular weight is 651 g/mol. The number of nitrogens with zero attached hydrogens (tertiary/aromatic N) is 2. The van der Waals surface area contributed by atoms with Gasteiger partial charge in [-0.2, -0.15) is 0 Å². The molecule has 2 aliphatic rings. The third-order valence-corrected chi connectivity index (χ3v) is 11.0. The molecule has 10 aromatic rings. The Kier molecular flexibility index (Phi) is 5.29. The maximum Gasteiger partial charge on any atom is 0.252 e. The van der Waals surface area contributed by atoms with Gasteiger partial charge in [0, 0.05) is 50.0 Å². The largest absolute Gasteiger partial charge is 0.456 e. The smallest absolute Gasteiger partial charge is 0.252 e. The van der Waals surface area contributed by atoms with Crippen LogP contribution in [-0.4, -0.2) is 6.71 Å². The molecule has 0 saturated heterocycles. The second-order valence-electron chi connectivity index (χ2n) is 13.7. The zero-order chi connectivity index (χ0) is 33.2. The van der Waals surface area contributed by atoms with Crippen LogP contribution in [0.3, 0.4) is 0 Å². The van der Waals surface area contributed by atoms with Gasteiger partial charge in [-0.3, -0.25) is 0 Å². The standard InChI is InChI=1S/C46H27BN2O2/c1-2-12-29-26-44-33(25-28(29)11-1)34-27-30(23-24-43(34)50-44)48-37-17-6-4-15-35(37)47-36-16-5-7-18-38(36)49(40-20-10-19-39(48)45(40)47)41-21-9-14-32-31-13-3-8-22-42(31)51-46(32)41/h1-27H. The normalized spacial score (nSPS) is 13.4. The summed E-state index contributed by atoms with van der Waals surface area (Å²) in [5.41, 5.74) is 14.3. The molecule has 0 radical (unpaired) electrons. The second kappa shape index (κ2) is 9.93. The van der Waals surface area contributed by atoms with Gasteiger partial charge < -0.3 is 18.6 Å². The van der Waals surface area contributed by atoms with Crippen molar-refractivity contribution >= 4 is 112 Å². The number of hydrogen-bond donors (Lipinski definition) is 0. The number of anilines is 6. The highest BCUT2D eigenvalue weighted by Gasteiger charge is 2.43. The van der Waals surface area contributed by atoms with Crippen molar-refractivity contribution in [1.82, 2.24) is 0 Å². The van der Waals surface area contributed by atoms with Crippen molar-refractivity contribution in [2.45, 2.75) is 0 Å². The van der Waals surface area contributed by atoms with E-state index in [0.29, 0.717) is 0 Å². The van der Waals surface area contributed by atoms with Crippen molar-refractivity contribution in [3.8, 4) is 0 Å². The molecule has 0 bridgehead atoms. The lowest BCUT2D eigenvalue weighted by molar-refractivity contribution is 0.669. The van der Waals surface area contributed by atoms with E-state index in [2.05, 4.69) is 168 Å². The van der Waals surface area contributed by atoms with Crippen molar-refractivity contribution < 1.29 is 8.83 Å². The SMILES string of the molecule is c1ccc2c(c1)B1c3ccccc3N(c3cccc4c3oc3ccccc34)c3cccc(c31)N2c1ccc2oc3cc4ccccc4cc3c2c1. The molecule has 0 amide bonds. The van der Waals surface area contributed by atoms with Crippen molar-refractivity contribution in [2.75, 3.05) is 9.80 Å². The molecule has 0 saturated carbocycles. The number of furan rings is 2. The van der Waals surface area contributed by atoms with E-state index >= 15 is 0 Å². The van der Waals surface area contributed by atoms with E-state index in [1.807, 2.05) is 6.07 Å². The fraction of sp³-hybridized carbons (Fsp3) is 0. The highest BCUT2D eigenvalue weighted by Crippen LogP contribution is 2.47. The van der Waals surface area contributed by atoms with Crippen molar-refractivity contribution in [3.63, 3.8) is 0 Å². The second-order valence-corrected chi connectivity index (χ2v) is 13.7. The quantitative estimate of drug-likeness (QED) is 0.174. The van der Waals surface area contributed by atoms with Crippen LogP contribution in [0.5, 0.6) is 0 Å². The van der Waals surface area contributed by atoms with Gasteiger partial charge in [0.15, 0.2) is 5.58 Å². The van der Waals surface area contributed by atoms with Crippen molar-refractivity contribution in [2.24, 2.45) is 0 Å². The predicted molar refractivity (Wildman–Crippen MR) is 213 cm³/mol. The maximum atomic E-state index is 6.65. The summed E-state index contributed by atoms with van der Waals surface area (Å²) in [6.07, 6.45) is 0. The summed E-state index contributed by atoms with van der Waals surface area (Å²) < 4.78 is 13.1. The van der Waals surface area contributed by atoms with E-state index in [9.17, 15) is 0 Å². The zero-order valence-electron chi connectivity index (χ0n) is 27.4. The van der Waals surface area contributed by atoms with Crippen LogP contribution in [-0.2, 0) is 0 Å². The van der Waals surface area contributed by atoms with Gasteiger partial charge in [-0.15, -0.1) is 0 Å². The summed E-state index contributed by atoms with van der Waals surface area (Å²) in [4.78, 5) is 4.86. The molecule has 4 nitrogen and oxygen atoms in total. The number of rotatable bonds is 2. The third kappa shape index (κ3) is 3.64. The molecular formula is C46H27BN2O2. The molecule has 5 heteroatoms. The molecule has 236 valence electrons. The van der Waals surface area contributed by atoms with Crippen LogP contribution in [0.25, 0.3) is 54.6 Å². The van der Waals surface area contributed by atoms with Crippen LogP contribution in [0.15, 0.2) is 173 Å². The monoisotopic (exact) mass is 650 g/mol. The first-order chi connectivity index (χ1) is 25.3. The third-order valence-electron chi connectivity index (χ3n) is 11.0. The first kappa shape index (κ1) is 27.1. The molecule has 0 N–H and O–H groups in total. The van der Waals surface area contributed by atoms with Gasteiger partial charge in [0.1, 0.15) is 16.7 Å². The van der Waals surface area contributed by atoms with Gasteiger partial charge in [0.05, 0.1) is 5.69 Å². The van der Waals surface area contributed by atoms with Gasteiger partial charge in [-0.1, -0.05) is 97.1 Å². The van der Waals surface area contributed by atoms with E-state index in [1.54, 1.807) is 0 Å². The average Bonchev–Trinajstić information content (AvgIpc) is 3.74. The first-order valence-corrected chi connectivity index (χ1v) is 17.5. The molecule has 2 aromatic heterocycles. The minimum Gasteiger partial charge on any atom is -0.456 e. The van der Waals surface area contributed by atoms with Crippen LogP contribution in [0.1, 0.15) is 0 Å². The van der Waals surface area contributed by atoms with Crippen molar-refractivity contribution in [3.05, 3.63) is 164 Å². The topological polar surface area (TPSA) is 32.8 Å². The van der Waals surface area contributed by atoms with E-state index < -0.39 is 0 Å². The summed E-state index contributed by atoms with van der Waals surface area (Å²) in [7, 11) is 0. The van der Waals surface area contributed by atoms with Crippen LogP contribution >= 0.6 is 0 Å². The van der Waals surface area contributed by atoms with Crippen LogP contribution in [0.2, 0.25) is 0 Å². The number of fused-ring (bicyclic) bond motifs is 11. The molecule has 12 rings (SSSR count). The van der Waals surface area contributed by atoms with Crippen molar-refractivity contribution in [1.29, 1.82) is 0 Å². The van der Waals surface area contributed by atoms with Crippen LogP contribution < -0.4 is 26.2 Å². The Morgan fingerprint density at radius 1 is 0.373 bits per heavy atom. The minimum absolute atomic E-state index is 0.0656. The first-order valence-electron chi connectivity index (χ1n) is 17.5. The van der Waals surface area contributed by atoms with Gasteiger partial charge in [0.2, 0.25) is 0 Å². The minimum atomic E-state index is 0.0656. The Morgan fingerprint density at radius 3 is 1.80 bits per heavy atom. The summed E-state index contributed by atoms with van der Waals surface area (Å²) in [5.74, 6) is 0. The molecule has 0 spiro atoms. The highest BCUT2D eigenvalue weighted by atomic mass is 16.3. The lowest BCUT2D eigenvalue weighted by Gasteiger charge is -2.43. The van der Waals surface area contributed by atoms with Crippen LogP contribution in [0, 0.1) is 0 Å². The fourth-order valence-electron chi connectivity index (χ4n) is 8.87. The molecule has 51 heavy (non-hydrogen) atoms. The zero-order valence-corrected chi connectivity index (χ0v) is 27.4. The molecule has 0 fully saturated rings. The van der Waals surface area contributed by atoms with E-state index in [1.165, 1.54) is 44.2 Å². The molecule has 2 aliphatic heterocycles.